The van der Waals surface area contributed by atoms with Gasteiger partial charge in [0.2, 0.25) is 0 Å². The number of rotatable bonds is 7. The number of non-ortho nitro benzene ring substituents is 1. The van der Waals surface area contributed by atoms with E-state index in [9.17, 15) is 24.5 Å². The van der Waals surface area contributed by atoms with Gasteiger partial charge in [0.15, 0.2) is 6.61 Å². The van der Waals surface area contributed by atoms with Crippen LogP contribution in [0.3, 0.4) is 0 Å². The molecule has 0 radical (unpaired) electrons. The summed E-state index contributed by atoms with van der Waals surface area (Å²) in [7, 11) is 0. The smallest absolute Gasteiger partial charge is 0.339 e. The molecule has 10 nitrogen and oxygen atoms in total. The molecule has 0 saturated heterocycles. The number of imide groups is 1. The molecule has 3 amide bonds. The Labute approximate surface area is 212 Å². The first-order valence-electron chi connectivity index (χ1n) is 11.6. The van der Waals surface area contributed by atoms with E-state index in [1.165, 1.54) is 18.2 Å². The van der Waals surface area contributed by atoms with Gasteiger partial charge < -0.3 is 10.1 Å². The molecule has 10 heteroatoms. The van der Waals surface area contributed by atoms with E-state index in [2.05, 4.69) is 17.2 Å². The maximum absolute atomic E-state index is 13.2. The number of carbonyl (C=O) groups is 3. The zero-order chi connectivity index (χ0) is 26.4. The molecule has 1 aliphatic rings. The fourth-order valence-electron chi connectivity index (χ4n) is 4.21. The number of hydrogen-bond acceptors (Lipinski definition) is 7. The Morgan fingerprint density at radius 1 is 1.14 bits per heavy atom. The number of nitrogens with one attached hydrogen (secondary N) is 2. The lowest BCUT2D eigenvalue weighted by atomic mass is 9.86. The lowest BCUT2D eigenvalue weighted by Crippen LogP contribution is -2.41. The maximum Gasteiger partial charge on any atom is 0.339 e. The topological polar surface area (TPSA) is 141 Å². The average molecular weight is 501 g/mol. The number of hydrogen-bond donors (Lipinski definition) is 2. The number of pyridine rings is 1. The van der Waals surface area contributed by atoms with E-state index in [-0.39, 0.29) is 12.2 Å². The number of urea groups is 1. The van der Waals surface area contributed by atoms with Crippen molar-refractivity contribution in [3.05, 3.63) is 93.7 Å². The molecule has 2 N–H and O–H groups in total. The van der Waals surface area contributed by atoms with Crippen LogP contribution in [-0.4, -0.2) is 41.0 Å². The van der Waals surface area contributed by atoms with Crippen LogP contribution >= 0.6 is 0 Å². The summed E-state index contributed by atoms with van der Waals surface area (Å²) >= 11 is 0. The van der Waals surface area contributed by atoms with Crippen LogP contribution in [0.15, 0.2) is 61.2 Å². The molecule has 3 aromatic rings. The summed E-state index contributed by atoms with van der Waals surface area (Å²) in [5, 5.41) is 16.3. The number of nitro benzene ring substituents is 1. The average Bonchev–Trinajstić information content (AvgIpc) is 2.89. The van der Waals surface area contributed by atoms with Gasteiger partial charge in [-0.3, -0.25) is 20.2 Å². The van der Waals surface area contributed by atoms with Gasteiger partial charge in [-0.1, -0.05) is 36.4 Å². The molecule has 0 aliphatic heterocycles. The minimum Gasteiger partial charge on any atom is -0.452 e. The van der Waals surface area contributed by atoms with Gasteiger partial charge in [0.25, 0.3) is 11.6 Å². The SMILES string of the molecule is C=CCNC(=O)NC(=O)COC(=O)c1c2c(nc3ccccc13)/C(=C/c1cccc([N+](=O)[O-])c1)CCC2. The van der Waals surface area contributed by atoms with E-state index < -0.39 is 29.4 Å². The number of carbonyl (C=O) groups excluding carboxylic acids is 3. The zero-order valence-electron chi connectivity index (χ0n) is 19.9. The van der Waals surface area contributed by atoms with E-state index in [1.807, 2.05) is 6.08 Å². The number of esters is 1. The molecule has 2 aromatic carbocycles. The molecule has 0 saturated carbocycles. The lowest BCUT2D eigenvalue weighted by Gasteiger charge is -2.22. The molecule has 0 unspecified atom stereocenters. The first kappa shape index (κ1) is 25.2. The summed E-state index contributed by atoms with van der Waals surface area (Å²) in [5.41, 5.74) is 3.69. The van der Waals surface area contributed by atoms with Crippen LogP contribution in [0.4, 0.5) is 10.5 Å². The van der Waals surface area contributed by atoms with E-state index in [1.54, 1.807) is 36.4 Å². The molecule has 1 heterocycles. The quantitative estimate of drug-likeness (QED) is 0.214. The first-order chi connectivity index (χ1) is 17.9. The third-order valence-corrected chi connectivity index (χ3v) is 5.79. The summed E-state index contributed by atoms with van der Waals surface area (Å²) in [6.45, 7) is 3.02. The van der Waals surface area contributed by atoms with E-state index >= 15 is 0 Å². The van der Waals surface area contributed by atoms with Gasteiger partial charge >= 0.3 is 12.0 Å². The minimum atomic E-state index is -0.770. The van der Waals surface area contributed by atoms with Gasteiger partial charge in [-0.25, -0.2) is 14.6 Å². The van der Waals surface area contributed by atoms with Crippen molar-refractivity contribution < 1.29 is 24.0 Å². The molecule has 188 valence electrons. The van der Waals surface area contributed by atoms with Crippen LogP contribution in [-0.2, 0) is 16.0 Å². The second-order valence-corrected chi connectivity index (χ2v) is 8.33. The highest BCUT2D eigenvalue weighted by atomic mass is 16.6. The molecule has 0 spiro atoms. The number of nitro groups is 1. The van der Waals surface area contributed by atoms with Crippen molar-refractivity contribution in [3.63, 3.8) is 0 Å². The number of ether oxygens (including phenoxy) is 1. The molecule has 0 fully saturated rings. The van der Waals surface area contributed by atoms with Crippen LogP contribution in [0.25, 0.3) is 22.6 Å². The number of allylic oxidation sites excluding steroid dienone is 1. The van der Waals surface area contributed by atoms with E-state index in [4.69, 9.17) is 9.72 Å². The van der Waals surface area contributed by atoms with E-state index in [0.717, 1.165) is 12.0 Å². The normalized spacial score (nSPS) is 13.5. The Morgan fingerprint density at radius 2 is 1.95 bits per heavy atom. The maximum atomic E-state index is 13.2. The molecular weight excluding hydrogens is 476 g/mol. The number of amides is 3. The number of aromatic nitrogens is 1. The van der Waals surface area contributed by atoms with Crippen molar-refractivity contribution in [3.8, 4) is 0 Å². The summed E-state index contributed by atoms with van der Waals surface area (Å²) in [6, 6.07) is 12.7. The first-order valence-corrected chi connectivity index (χ1v) is 11.6. The Balaban J connectivity index is 1.67. The molecular formula is C27H24N4O6. The molecule has 0 atom stereocenters. The molecule has 0 bridgehead atoms. The highest BCUT2D eigenvalue weighted by Gasteiger charge is 2.26. The zero-order valence-corrected chi connectivity index (χ0v) is 19.9. The van der Waals surface area contributed by atoms with Crippen LogP contribution in [0, 0.1) is 10.1 Å². The fourth-order valence-corrected chi connectivity index (χ4v) is 4.21. The van der Waals surface area contributed by atoms with Crippen molar-refractivity contribution in [2.24, 2.45) is 0 Å². The van der Waals surface area contributed by atoms with Crippen LogP contribution in [0.2, 0.25) is 0 Å². The second kappa shape index (κ2) is 11.3. The highest BCUT2D eigenvalue weighted by Crippen LogP contribution is 2.36. The Kier molecular flexibility index (Phi) is 7.68. The van der Waals surface area contributed by atoms with Crippen LogP contribution in [0.5, 0.6) is 0 Å². The predicted molar refractivity (Wildman–Crippen MR) is 138 cm³/mol. The predicted octanol–water partition coefficient (Wildman–Crippen LogP) is 4.19. The van der Waals surface area contributed by atoms with Gasteiger partial charge in [0.05, 0.1) is 21.7 Å². The summed E-state index contributed by atoms with van der Waals surface area (Å²) in [4.78, 5) is 52.5. The van der Waals surface area contributed by atoms with Crippen LogP contribution < -0.4 is 10.6 Å². The number of nitrogens with zero attached hydrogens (tertiary/aromatic N) is 2. The van der Waals surface area contributed by atoms with Crippen molar-refractivity contribution in [1.29, 1.82) is 0 Å². The van der Waals surface area contributed by atoms with Crippen molar-refractivity contribution >= 4 is 46.1 Å². The minimum absolute atomic E-state index is 0.0161. The summed E-state index contributed by atoms with van der Waals surface area (Å²) in [5.74, 6) is -1.47. The Hall–Kier alpha value is -4.86. The number of fused-ring (bicyclic) bond motifs is 2. The van der Waals surface area contributed by atoms with Crippen molar-refractivity contribution in [2.75, 3.05) is 13.2 Å². The van der Waals surface area contributed by atoms with E-state index in [0.29, 0.717) is 46.1 Å². The van der Waals surface area contributed by atoms with Crippen LogP contribution in [0.1, 0.15) is 40.0 Å². The molecule has 1 aliphatic carbocycles. The third-order valence-electron chi connectivity index (χ3n) is 5.79. The second-order valence-electron chi connectivity index (χ2n) is 8.33. The number of benzene rings is 2. The Morgan fingerprint density at radius 3 is 2.73 bits per heavy atom. The standard InChI is InChI=1S/C27H24N4O6/c1-2-13-28-27(34)30-23(32)16-37-26(33)24-20-10-3-4-12-22(20)29-25-18(8-6-11-21(24)25)14-17-7-5-9-19(15-17)31(35)36/h2-5,7,9-10,12,14-15H,1,6,8,11,13,16H2,(H2,28,30,32,34)/b18-14+. The summed E-state index contributed by atoms with van der Waals surface area (Å²) < 4.78 is 5.29. The van der Waals surface area contributed by atoms with Gasteiger partial charge in [0.1, 0.15) is 0 Å². The van der Waals surface area contributed by atoms with Gasteiger partial charge in [-0.15, -0.1) is 6.58 Å². The van der Waals surface area contributed by atoms with Crippen molar-refractivity contribution in [2.45, 2.75) is 19.3 Å². The third kappa shape index (κ3) is 5.87. The molecule has 4 rings (SSSR count). The largest absolute Gasteiger partial charge is 0.452 e. The molecule has 37 heavy (non-hydrogen) atoms. The van der Waals surface area contributed by atoms with Gasteiger partial charge in [-0.2, -0.15) is 0 Å². The highest BCUT2D eigenvalue weighted by molar-refractivity contribution is 6.07. The lowest BCUT2D eigenvalue weighted by molar-refractivity contribution is -0.384. The Bertz CT molecular complexity index is 1450. The fraction of sp³-hybridized carbons (Fsp3) is 0.185. The van der Waals surface area contributed by atoms with Gasteiger partial charge in [0, 0.05) is 24.1 Å². The monoisotopic (exact) mass is 500 g/mol. The van der Waals surface area contributed by atoms with Crippen molar-refractivity contribution in [1.82, 2.24) is 15.6 Å². The number of para-hydroxylation sites is 1. The molecule has 1 aromatic heterocycles. The van der Waals surface area contributed by atoms with Gasteiger partial charge in [-0.05, 0) is 48.1 Å². The summed E-state index contributed by atoms with van der Waals surface area (Å²) in [6.07, 6.45) is 5.29.